The molecule has 1 aliphatic rings. The lowest BCUT2D eigenvalue weighted by Gasteiger charge is -2.19. The Morgan fingerprint density at radius 1 is 1.10 bits per heavy atom. The van der Waals surface area contributed by atoms with E-state index in [0.717, 1.165) is 16.0 Å². The lowest BCUT2D eigenvalue weighted by Crippen LogP contribution is -3.04. The Bertz CT molecular complexity index is 1150. The molecule has 2 N–H and O–H groups in total. The molecule has 0 spiro atoms. The first-order chi connectivity index (χ1) is 13.9. The van der Waals surface area contributed by atoms with Gasteiger partial charge in [0.15, 0.2) is 17.1 Å². The van der Waals surface area contributed by atoms with E-state index in [9.17, 15) is 9.90 Å². The number of phenols is 1. The summed E-state index contributed by atoms with van der Waals surface area (Å²) < 4.78 is 17.4. The van der Waals surface area contributed by atoms with Crippen LogP contribution in [0.1, 0.15) is 23.8 Å². The number of aromatic hydroxyl groups is 1. The molecule has 0 bridgehead atoms. The van der Waals surface area contributed by atoms with E-state index in [1.165, 1.54) is 0 Å². The summed E-state index contributed by atoms with van der Waals surface area (Å²) >= 11 is 0. The standard InChI is InChI=1S/C23H25NO5/c1-5-14-10-16-22(26)20(15-6-7-18-19(11-15)28-9-8-27-18)13(2)29-23(16)17(21(14)25)12-24(3)4/h6-7,10-11,25H,5,8-9,12H2,1-4H3/p+1. The molecule has 0 fully saturated rings. The summed E-state index contributed by atoms with van der Waals surface area (Å²) in [5.41, 5.74) is 3.01. The fraction of sp³-hybridized carbons (Fsp3) is 0.348. The number of ether oxygens (including phenoxy) is 2. The number of phenolic OH excluding ortho intramolecular Hbond substituents is 1. The zero-order chi connectivity index (χ0) is 20.7. The fourth-order valence-electron chi connectivity index (χ4n) is 3.88. The van der Waals surface area contributed by atoms with Crippen molar-refractivity contribution in [2.75, 3.05) is 27.3 Å². The first-order valence-electron chi connectivity index (χ1n) is 9.90. The molecule has 0 amide bonds. The molecule has 2 heterocycles. The second kappa shape index (κ2) is 7.44. The van der Waals surface area contributed by atoms with Crippen molar-refractivity contribution in [1.82, 2.24) is 0 Å². The van der Waals surface area contributed by atoms with Crippen LogP contribution < -0.4 is 19.8 Å². The third-order valence-electron chi connectivity index (χ3n) is 5.25. The molecule has 152 valence electrons. The molecule has 3 aromatic rings. The van der Waals surface area contributed by atoms with E-state index >= 15 is 0 Å². The number of rotatable bonds is 4. The number of hydrogen-bond donors (Lipinski definition) is 2. The molecule has 6 heteroatoms. The summed E-state index contributed by atoms with van der Waals surface area (Å²) in [5.74, 6) is 2.04. The minimum Gasteiger partial charge on any atom is -0.507 e. The molecule has 0 aliphatic carbocycles. The van der Waals surface area contributed by atoms with Gasteiger partial charge in [0.1, 0.15) is 31.3 Å². The molecule has 29 heavy (non-hydrogen) atoms. The Kier molecular flexibility index (Phi) is 4.96. The molecule has 0 saturated carbocycles. The Morgan fingerprint density at radius 3 is 2.52 bits per heavy atom. The molecule has 6 nitrogen and oxygen atoms in total. The van der Waals surface area contributed by atoms with Crippen molar-refractivity contribution in [2.45, 2.75) is 26.8 Å². The predicted molar refractivity (Wildman–Crippen MR) is 111 cm³/mol. The van der Waals surface area contributed by atoms with Crippen LogP contribution in [0.25, 0.3) is 22.1 Å². The molecule has 1 aliphatic heterocycles. The second-order valence-corrected chi connectivity index (χ2v) is 7.70. The van der Waals surface area contributed by atoms with Crippen molar-refractivity contribution < 1.29 is 23.9 Å². The summed E-state index contributed by atoms with van der Waals surface area (Å²) in [4.78, 5) is 14.6. The molecule has 0 radical (unpaired) electrons. The minimum absolute atomic E-state index is 0.106. The Morgan fingerprint density at radius 2 is 1.83 bits per heavy atom. The second-order valence-electron chi connectivity index (χ2n) is 7.70. The van der Waals surface area contributed by atoms with Gasteiger partial charge in [-0.15, -0.1) is 0 Å². The molecule has 2 aromatic carbocycles. The smallest absolute Gasteiger partial charge is 0.200 e. The van der Waals surface area contributed by atoms with Crippen molar-refractivity contribution in [2.24, 2.45) is 0 Å². The number of aryl methyl sites for hydroxylation is 2. The van der Waals surface area contributed by atoms with E-state index in [2.05, 4.69) is 0 Å². The first-order valence-corrected chi connectivity index (χ1v) is 9.90. The van der Waals surface area contributed by atoms with E-state index < -0.39 is 0 Å². The van der Waals surface area contributed by atoms with Gasteiger partial charge in [0.2, 0.25) is 5.43 Å². The van der Waals surface area contributed by atoms with Crippen LogP contribution in [-0.2, 0) is 13.0 Å². The van der Waals surface area contributed by atoms with Gasteiger partial charge < -0.3 is 23.9 Å². The lowest BCUT2D eigenvalue weighted by molar-refractivity contribution is -0.872. The van der Waals surface area contributed by atoms with Gasteiger partial charge in [0.25, 0.3) is 0 Å². The number of fused-ring (bicyclic) bond motifs is 2. The Balaban J connectivity index is 1.98. The van der Waals surface area contributed by atoms with Crippen LogP contribution in [-0.4, -0.2) is 32.4 Å². The highest BCUT2D eigenvalue weighted by molar-refractivity contribution is 5.88. The summed E-state index contributed by atoms with van der Waals surface area (Å²) in [7, 11) is 4.00. The number of quaternary nitrogens is 1. The van der Waals surface area contributed by atoms with Crippen LogP contribution in [0.5, 0.6) is 17.2 Å². The maximum Gasteiger partial charge on any atom is 0.200 e. The van der Waals surface area contributed by atoms with E-state index in [0.29, 0.717) is 65.5 Å². The summed E-state index contributed by atoms with van der Waals surface area (Å²) in [6.07, 6.45) is 0.629. The van der Waals surface area contributed by atoms with Crippen molar-refractivity contribution in [1.29, 1.82) is 0 Å². The van der Waals surface area contributed by atoms with Gasteiger partial charge in [0.05, 0.1) is 30.6 Å². The molecular weight excluding hydrogens is 370 g/mol. The summed E-state index contributed by atoms with van der Waals surface area (Å²) in [6.45, 7) is 5.30. The van der Waals surface area contributed by atoms with Crippen LogP contribution in [0.15, 0.2) is 33.5 Å². The van der Waals surface area contributed by atoms with Gasteiger partial charge in [0, 0.05) is 0 Å². The average molecular weight is 396 g/mol. The van der Waals surface area contributed by atoms with Crippen molar-refractivity contribution in [3.63, 3.8) is 0 Å². The van der Waals surface area contributed by atoms with Crippen molar-refractivity contribution in [3.05, 3.63) is 51.4 Å². The van der Waals surface area contributed by atoms with Gasteiger partial charge in [-0.2, -0.15) is 0 Å². The predicted octanol–water partition coefficient (Wildman–Crippen LogP) is 2.45. The van der Waals surface area contributed by atoms with Gasteiger partial charge >= 0.3 is 0 Å². The molecule has 0 atom stereocenters. The molecular formula is C23H26NO5+. The van der Waals surface area contributed by atoms with E-state index in [-0.39, 0.29) is 11.2 Å². The van der Waals surface area contributed by atoms with Gasteiger partial charge in [-0.3, -0.25) is 4.79 Å². The first kappa shape index (κ1) is 19.3. The highest BCUT2D eigenvalue weighted by Crippen LogP contribution is 2.37. The maximum absolute atomic E-state index is 13.5. The molecule has 1 aromatic heterocycles. The third kappa shape index (κ3) is 3.34. The van der Waals surface area contributed by atoms with Crippen LogP contribution in [0.4, 0.5) is 0 Å². The number of nitrogens with one attached hydrogen (secondary N) is 1. The summed E-state index contributed by atoms with van der Waals surface area (Å²) in [6, 6.07) is 7.25. The van der Waals surface area contributed by atoms with E-state index in [4.69, 9.17) is 13.9 Å². The minimum atomic E-state index is -0.106. The largest absolute Gasteiger partial charge is 0.507 e. The Hall–Kier alpha value is -2.99. The van der Waals surface area contributed by atoms with Gasteiger partial charge in [-0.1, -0.05) is 13.0 Å². The molecule has 0 unspecified atom stereocenters. The van der Waals surface area contributed by atoms with E-state index in [1.807, 2.05) is 39.2 Å². The maximum atomic E-state index is 13.5. The highest BCUT2D eigenvalue weighted by atomic mass is 16.6. The zero-order valence-corrected chi connectivity index (χ0v) is 17.2. The van der Waals surface area contributed by atoms with Gasteiger partial charge in [-0.05, 0) is 42.7 Å². The third-order valence-corrected chi connectivity index (χ3v) is 5.25. The van der Waals surface area contributed by atoms with Gasteiger partial charge in [-0.25, -0.2) is 0 Å². The summed E-state index contributed by atoms with van der Waals surface area (Å²) in [5, 5.41) is 11.2. The number of benzene rings is 2. The van der Waals surface area contributed by atoms with Crippen LogP contribution in [0, 0.1) is 6.92 Å². The van der Waals surface area contributed by atoms with Crippen molar-refractivity contribution in [3.8, 4) is 28.4 Å². The number of hydrogen-bond acceptors (Lipinski definition) is 5. The van der Waals surface area contributed by atoms with E-state index in [1.54, 1.807) is 13.0 Å². The van der Waals surface area contributed by atoms with Crippen LogP contribution in [0.2, 0.25) is 0 Å². The molecule has 4 rings (SSSR count). The fourth-order valence-corrected chi connectivity index (χ4v) is 3.88. The Labute approximate surface area is 169 Å². The monoisotopic (exact) mass is 396 g/mol. The highest BCUT2D eigenvalue weighted by Gasteiger charge is 2.23. The topological polar surface area (TPSA) is 73.3 Å². The normalized spacial score (nSPS) is 13.3. The molecule has 0 saturated heterocycles. The average Bonchev–Trinajstić information content (AvgIpc) is 2.70. The quantitative estimate of drug-likeness (QED) is 0.709. The van der Waals surface area contributed by atoms with Crippen LogP contribution in [0.3, 0.4) is 0 Å². The van der Waals surface area contributed by atoms with Crippen LogP contribution >= 0.6 is 0 Å². The zero-order valence-electron chi connectivity index (χ0n) is 17.2. The lowest BCUT2D eigenvalue weighted by atomic mass is 9.97. The SMILES string of the molecule is CCc1cc2c(=O)c(-c3ccc4c(c3)OCCO4)c(C)oc2c(C[NH+](C)C)c1O. The van der Waals surface area contributed by atoms with Crippen molar-refractivity contribution >= 4 is 11.0 Å².